The average Bonchev–Trinajstić information content (AvgIpc) is 1.69. The molecule has 0 bridgehead atoms. The largest absolute Gasteiger partial charge is 0.403 e. The smallest absolute Gasteiger partial charge is 0.0418 e. The third kappa shape index (κ3) is 5.21. The summed E-state index contributed by atoms with van der Waals surface area (Å²) in [5.74, 6) is 0. The summed E-state index contributed by atoms with van der Waals surface area (Å²) in [6.45, 7) is 2.02. The summed E-state index contributed by atoms with van der Waals surface area (Å²) in [6, 6.07) is 0. The summed E-state index contributed by atoms with van der Waals surface area (Å²) >= 11 is 0. The van der Waals surface area contributed by atoms with Crippen LogP contribution in [0.2, 0.25) is 0 Å². The molecule has 0 unspecified atom stereocenters. The van der Waals surface area contributed by atoms with Crippen molar-refractivity contribution in [1.82, 2.24) is 0 Å². The SMILES string of the molecule is CC/C=N\C=C/N. The molecule has 0 atom stereocenters. The van der Waals surface area contributed by atoms with Crippen LogP contribution in [0.4, 0.5) is 0 Å². The van der Waals surface area contributed by atoms with Crippen LogP contribution < -0.4 is 5.73 Å². The van der Waals surface area contributed by atoms with Crippen molar-refractivity contribution in [3.05, 3.63) is 12.4 Å². The maximum atomic E-state index is 4.97. The van der Waals surface area contributed by atoms with E-state index in [0.29, 0.717) is 0 Å². The zero-order valence-corrected chi connectivity index (χ0v) is 4.46. The summed E-state index contributed by atoms with van der Waals surface area (Å²) in [5.41, 5.74) is 4.97. The quantitative estimate of drug-likeness (QED) is 0.512. The lowest BCUT2D eigenvalue weighted by atomic mass is 10.5. The summed E-state index contributed by atoms with van der Waals surface area (Å²) in [5, 5.41) is 0. The molecule has 0 saturated heterocycles. The van der Waals surface area contributed by atoms with Crippen molar-refractivity contribution < 1.29 is 0 Å². The monoisotopic (exact) mass is 98.1 g/mol. The molecule has 2 N–H and O–H groups in total. The Morgan fingerprint density at radius 2 is 2.43 bits per heavy atom. The third-order valence-corrected chi connectivity index (χ3v) is 0.460. The highest BCUT2D eigenvalue weighted by Crippen LogP contribution is 1.69. The van der Waals surface area contributed by atoms with Gasteiger partial charge in [0.15, 0.2) is 0 Å². The van der Waals surface area contributed by atoms with Crippen LogP contribution in [0.1, 0.15) is 13.3 Å². The molecule has 0 rings (SSSR count). The second kappa shape index (κ2) is 5.21. The van der Waals surface area contributed by atoms with Crippen molar-refractivity contribution in [2.75, 3.05) is 0 Å². The van der Waals surface area contributed by atoms with Gasteiger partial charge in [-0.1, -0.05) is 6.92 Å². The highest BCUT2D eigenvalue weighted by atomic mass is 14.7. The lowest BCUT2D eigenvalue weighted by Crippen LogP contribution is -1.73. The summed E-state index contributed by atoms with van der Waals surface area (Å²) in [7, 11) is 0. The standard InChI is InChI=1S/C5H10N2/c1-2-4-7-5-3-6/h3-5H,2,6H2,1H3/b5-3-,7-4-. The van der Waals surface area contributed by atoms with Crippen molar-refractivity contribution in [3.8, 4) is 0 Å². The van der Waals surface area contributed by atoms with Gasteiger partial charge in [0.25, 0.3) is 0 Å². The van der Waals surface area contributed by atoms with Crippen LogP contribution in [0.25, 0.3) is 0 Å². The van der Waals surface area contributed by atoms with Gasteiger partial charge in [0.05, 0.1) is 0 Å². The lowest BCUT2D eigenvalue weighted by molar-refractivity contribution is 1.31. The molecule has 0 aliphatic heterocycles. The molecule has 0 aromatic rings. The van der Waals surface area contributed by atoms with E-state index in [9.17, 15) is 0 Å². The number of hydrogen-bond donors (Lipinski definition) is 1. The molecular formula is C5H10N2. The van der Waals surface area contributed by atoms with Crippen molar-refractivity contribution >= 4 is 6.21 Å². The Bertz CT molecular complexity index is 74.1. The van der Waals surface area contributed by atoms with E-state index in [1.54, 1.807) is 12.4 Å². The van der Waals surface area contributed by atoms with Crippen LogP contribution >= 0.6 is 0 Å². The van der Waals surface area contributed by atoms with E-state index >= 15 is 0 Å². The van der Waals surface area contributed by atoms with Gasteiger partial charge in [-0.05, 0) is 6.42 Å². The molecule has 0 amide bonds. The van der Waals surface area contributed by atoms with Gasteiger partial charge in [0.2, 0.25) is 0 Å². The summed E-state index contributed by atoms with van der Waals surface area (Å²) in [6.07, 6.45) is 5.73. The minimum absolute atomic E-state index is 0.963. The molecule has 2 heteroatoms. The number of aliphatic imine (C=N–C) groups is 1. The van der Waals surface area contributed by atoms with Gasteiger partial charge in [-0.3, -0.25) is 4.99 Å². The van der Waals surface area contributed by atoms with Crippen molar-refractivity contribution in [2.24, 2.45) is 10.7 Å². The molecule has 0 heterocycles. The van der Waals surface area contributed by atoms with Gasteiger partial charge in [-0.2, -0.15) is 0 Å². The van der Waals surface area contributed by atoms with E-state index in [0.717, 1.165) is 6.42 Å². The number of nitrogens with two attached hydrogens (primary N) is 1. The molecule has 0 aliphatic rings. The molecule has 0 aliphatic carbocycles. The second-order valence-electron chi connectivity index (χ2n) is 1.08. The van der Waals surface area contributed by atoms with Crippen LogP contribution in [0.5, 0.6) is 0 Å². The van der Waals surface area contributed by atoms with E-state index in [4.69, 9.17) is 5.73 Å². The zero-order chi connectivity index (χ0) is 5.54. The first kappa shape index (κ1) is 6.21. The van der Waals surface area contributed by atoms with E-state index in [1.165, 1.54) is 6.20 Å². The normalized spacial score (nSPS) is 11.6. The predicted octanol–water partition coefficient (Wildman–Crippen LogP) is 0.897. The molecule has 0 saturated carbocycles. The van der Waals surface area contributed by atoms with E-state index in [1.807, 2.05) is 6.92 Å². The fraction of sp³-hybridized carbons (Fsp3) is 0.400. The van der Waals surface area contributed by atoms with Gasteiger partial charge >= 0.3 is 0 Å². The van der Waals surface area contributed by atoms with E-state index in [-0.39, 0.29) is 0 Å². The molecule has 0 radical (unpaired) electrons. The van der Waals surface area contributed by atoms with Crippen molar-refractivity contribution in [2.45, 2.75) is 13.3 Å². The minimum Gasteiger partial charge on any atom is -0.403 e. The average molecular weight is 98.1 g/mol. The first-order chi connectivity index (χ1) is 3.41. The highest BCUT2D eigenvalue weighted by molar-refractivity contribution is 5.57. The Labute approximate surface area is 43.7 Å². The Kier molecular flexibility index (Phi) is 4.62. The van der Waals surface area contributed by atoms with E-state index in [2.05, 4.69) is 4.99 Å². The van der Waals surface area contributed by atoms with Gasteiger partial charge in [0, 0.05) is 18.6 Å². The van der Waals surface area contributed by atoms with Gasteiger partial charge in [-0.25, -0.2) is 0 Å². The summed E-state index contributed by atoms with van der Waals surface area (Å²) in [4.78, 5) is 3.78. The second-order valence-corrected chi connectivity index (χ2v) is 1.08. The Morgan fingerprint density at radius 3 is 2.86 bits per heavy atom. The topological polar surface area (TPSA) is 38.4 Å². The van der Waals surface area contributed by atoms with Gasteiger partial charge in [-0.15, -0.1) is 0 Å². The van der Waals surface area contributed by atoms with Crippen LogP contribution in [0.15, 0.2) is 17.4 Å². The number of rotatable bonds is 2. The first-order valence-corrected chi connectivity index (χ1v) is 2.30. The fourth-order valence-corrected chi connectivity index (χ4v) is 0.216. The first-order valence-electron chi connectivity index (χ1n) is 2.30. The maximum Gasteiger partial charge on any atom is 0.0418 e. The van der Waals surface area contributed by atoms with Crippen LogP contribution in [-0.4, -0.2) is 6.21 Å². The van der Waals surface area contributed by atoms with Crippen molar-refractivity contribution in [3.63, 3.8) is 0 Å². The number of hydrogen-bond acceptors (Lipinski definition) is 2. The molecule has 0 aromatic carbocycles. The molecule has 2 nitrogen and oxygen atoms in total. The molecular weight excluding hydrogens is 88.1 g/mol. The van der Waals surface area contributed by atoms with Crippen molar-refractivity contribution in [1.29, 1.82) is 0 Å². The van der Waals surface area contributed by atoms with E-state index < -0.39 is 0 Å². The molecule has 0 spiro atoms. The number of nitrogens with zero attached hydrogens (tertiary/aromatic N) is 1. The predicted molar refractivity (Wildman–Crippen MR) is 32.1 cm³/mol. The maximum absolute atomic E-state index is 4.97. The Morgan fingerprint density at radius 1 is 1.71 bits per heavy atom. The lowest BCUT2D eigenvalue weighted by Gasteiger charge is -1.71. The Balaban J connectivity index is 3.09. The van der Waals surface area contributed by atoms with Gasteiger partial charge in [0.1, 0.15) is 0 Å². The Hall–Kier alpha value is -0.790. The van der Waals surface area contributed by atoms with Crippen LogP contribution in [0, 0.1) is 0 Å². The molecule has 7 heavy (non-hydrogen) atoms. The van der Waals surface area contributed by atoms with Gasteiger partial charge < -0.3 is 5.73 Å². The molecule has 0 aromatic heterocycles. The van der Waals surface area contributed by atoms with Crippen LogP contribution in [-0.2, 0) is 0 Å². The fourth-order valence-electron chi connectivity index (χ4n) is 0.216. The zero-order valence-electron chi connectivity index (χ0n) is 4.46. The third-order valence-electron chi connectivity index (χ3n) is 0.460. The molecule has 40 valence electrons. The highest BCUT2D eigenvalue weighted by Gasteiger charge is 1.58. The van der Waals surface area contributed by atoms with Crippen LogP contribution in [0.3, 0.4) is 0 Å². The minimum atomic E-state index is 0.963. The summed E-state index contributed by atoms with van der Waals surface area (Å²) < 4.78 is 0. The molecule has 0 fully saturated rings.